The molecule has 0 aromatic rings. The molecule has 0 spiro atoms. The van der Waals surface area contributed by atoms with E-state index in [0.717, 1.165) is 19.5 Å². The molecular weight excluding hydrogens is 266 g/mol. The van der Waals surface area contributed by atoms with Crippen LogP contribution in [0.5, 0.6) is 0 Å². The van der Waals surface area contributed by atoms with Crippen molar-refractivity contribution >= 4 is 17.9 Å². The zero-order valence-electron chi connectivity index (χ0n) is 11.1. The van der Waals surface area contributed by atoms with Crippen LogP contribution in [0.4, 0.5) is 4.79 Å². The average Bonchev–Trinajstić information content (AvgIpc) is 3.10. The van der Waals surface area contributed by atoms with Crippen LogP contribution in [0.3, 0.4) is 0 Å². The number of nitrogens with zero attached hydrogens (tertiary/aromatic N) is 1. The van der Waals surface area contributed by atoms with Gasteiger partial charge in [-0.3, -0.25) is 15.0 Å². The van der Waals surface area contributed by atoms with Crippen LogP contribution >= 0.6 is 0 Å². The highest BCUT2D eigenvalue weighted by atomic mass is 16.5. The van der Waals surface area contributed by atoms with Crippen LogP contribution in [0.1, 0.15) is 19.3 Å². The van der Waals surface area contributed by atoms with Gasteiger partial charge in [0.05, 0.1) is 0 Å². The highest BCUT2D eigenvalue weighted by Crippen LogP contribution is 2.29. The third-order valence-corrected chi connectivity index (χ3v) is 3.33. The predicted octanol–water partition coefficient (Wildman–Crippen LogP) is -0.850. The van der Waals surface area contributed by atoms with Gasteiger partial charge in [0.25, 0.3) is 5.91 Å². The molecule has 1 aliphatic heterocycles. The van der Waals surface area contributed by atoms with E-state index >= 15 is 0 Å². The molecule has 2 aliphatic rings. The minimum Gasteiger partial charge on any atom is -0.480 e. The molecule has 2 fully saturated rings. The molecular formula is C12H19N3O5. The summed E-state index contributed by atoms with van der Waals surface area (Å²) in [7, 11) is 0. The van der Waals surface area contributed by atoms with Crippen molar-refractivity contribution in [1.29, 1.82) is 0 Å². The van der Waals surface area contributed by atoms with Gasteiger partial charge in [0.1, 0.15) is 13.2 Å². The lowest BCUT2D eigenvalue weighted by atomic mass is 10.3. The van der Waals surface area contributed by atoms with E-state index in [1.54, 1.807) is 0 Å². The van der Waals surface area contributed by atoms with Gasteiger partial charge in [0, 0.05) is 25.2 Å². The number of carbonyl (C=O) groups excluding carboxylic acids is 2. The number of likely N-dealkylation sites (tertiary alicyclic amines) is 1. The number of aliphatic carboxylic acids is 1. The molecule has 2 rings (SSSR count). The Labute approximate surface area is 116 Å². The maximum Gasteiger partial charge on any atom is 0.329 e. The zero-order chi connectivity index (χ0) is 14.5. The van der Waals surface area contributed by atoms with E-state index in [0.29, 0.717) is 6.04 Å². The fourth-order valence-corrected chi connectivity index (χ4v) is 2.29. The number of carboxylic acid groups (broad SMARTS) is 1. The maximum atomic E-state index is 11.6. The van der Waals surface area contributed by atoms with E-state index in [-0.39, 0.29) is 6.04 Å². The number of rotatable bonds is 6. The highest BCUT2D eigenvalue weighted by Gasteiger charge is 2.34. The first kappa shape index (κ1) is 14.7. The minimum absolute atomic E-state index is 0.0586. The quantitative estimate of drug-likeness (QED) is 0.586. The number of carboxylic acids is 1. The molecule has 3 N–H and O–H groups in total. The second-order valence-electron chi connectivity index (χ2n) is 5.12. The number of nitrogens with one attached hydrogen (secondary N) is 2. The fraction of sp³-hybridized carbons (Fsp3) is 0.750. The normalized spacial score (nSPS) is 22.5. The predicted molar refractivity (Wildman–Crippen MR) is 68.1 cm³/mol. The van der Waals surface area contributed by atoms with Gasteiger partial charge < -0.3 is 15.2 Å². The molecule has 1 unspecified atom stereocenters. The molecule has 0 aromatic carbocycles. The number of amides is 3. The first-order valence-electron chi connectivity index (χ1n) is 6.68. The summed E-state index contributed by atoms with van der Waals surface area (Å²) in [6.45, 7) is 0.791. The molecule has 112 valence electrons. The van der Waals surface area contributed by atoms with E-state index in [1.807, 2.05) is 0 Å². The molecule has 1 saturated heterocycles. The highest BCUT2D eigenvalue weighted by molar-refractivity contribution is 5.95. The molecule has 1 aliphatic carbocycles. The molecule has 8 nitrogen and oxygen atoms in total. The zero-order valence-corrected chi connectivity index (χ0v) is 11.1. The van der Waals surface area contributed by atoms with Crippen molar-refractivity contribution in [2.75, 3.05) is 26.3 Å². The third kappa shape index (κ3) is 4.78. The van der Waals surface area contributed by atoms with Crippen LogP contribution in [0.15, 0.2) is 0 Å². The summed E-state index contributed by atoms with van der Waals surface area (Å²) in [5, 5.41) is 13.2. The van der Waals surface area contributed by atoms with Crippen molar-refractivity contribution in [2.45, 2.75) is 31.3 Å². The SMILES string of the molecule is O=C(O)COCC(=O)NC(=O)NC1CCN(C2CC2)C1. The van der Waals surface area contributed by atoms with E-state index in [4.69, 9.17) is 5.11 Å². The summed E-state index contributed by atoms with van der Waals surface area (Å²) in [5.41, 5.74) is 0. The van der Waals surface area contributed by atoms with Crippen LogP contribution in [0.25, 0.3) is 0 Å². The van der Waals surface area contributed by atoms with Crippen LogP contribution in [0, 0.1) is 0 Å². The fourth-order valence-electron chi connectivity index (χ4n) is 2.29. The lowest BCUT2D eigenvalue weighted by Gasteiger charge is -2.15. The monoisotopic (exact) mass is 285 g/mol. The van der Waals surface area contributed by atoms with E-state index in [9.17, 15) is 14.4 Å². The van der Waals surface area contributed by atoms with Gasteiger partial charge in [-0.2, -0.15) is 0 Å². The topological polar surface area (TPSA) is 108 Å². The molecule has 0 bridgehead atoms. The van der Waals surface area contributed by atoms with Crippen LogP contribution in [0.2, 0.25) is 0 Å². The molecule has 1 atom stereocenters. The van der Waals surface area contributed by atoms with Gasteiger partial charge in [-0.05, 0) is 19.3 Å². The van der Waals surface area contributed by atoms with Gasteiger partial charge in [0.2, 0.25) is 0 Å². The number of urea groups is 1. The number of imide groups is 1. The summed E-state index contributed by atoms with van der Waals surface area (Å²) in [4.78, 5) is 35.4. The van der Waals surface area contributed by atoms with Gasteiger partial charge >= 0.3 is 12.0 Å². The molecule has 0 radical (unpaired) electrons. The Morgan fingerprint density at radius 2 is 1.95 bits per heavy atom. The van der Waals surface area contributed by atoms with Crippen LogP contribution in [-0.4, -0.2) is 66.3 Å². The Morgan fingerprint density at radius 1 is 1.20 bits per heavy atom. The van der Waals surface area contributed by atoms with E-state index < -0.39 is 31.1 Å². The third-order valence-electron chi connectivity index (χ3n) is 3.33. The van der Waals surface area contributed by atoms with Crippen LogP contribution < -0.4 is 10.6 Å². The lowest BCUT2D eigenvalue weighted by molar-refractivity contribution is -0.143. The minimum atomic E-state index is -1.16. The summed E-state index contributed by atoms with van der Waals surface area (Å²) >= 11 is 0. The molecule has 0 aromatic heterocycles. The number of hydrogen-bond acceptors (Lipinski definition) is 5. The average molecular weight is 285 g/mol. The van der Waals surface area contributed by atoms with Crippen molar-refractivity contribution in [3.63, 3.8) is 0 Å². The maximum absolute atomic E-state index is 11.6. The second kappa shape index (κ2) is 6.67. The van der Waals surface area contributed by atoms with E-state index in [2.05, 4.69) is 20.3 Å². The standard InChI is InChI=1S/C12H19N3O5/c16-10(6-20-7-11(17)18)14-12(19)13-8-3-4-15(5-8)9-1-2-9/h8-9H,1-7H2,(H,17,18)(H2,13,14,16,19). The van der Waals surface area contributed by atoms with Gasteiger partial charge in [-0.25, -0.2) is 9.59 Å². The molecule has 1 saturated carbocycles. The van der Waals surface area contributed by atoms with Crippen molar-refractivity contribution in [2.24, 2.45) is 0 Å². The number of carbonyl (C=O) groups is 3. The molecule has 3 amide bonds. The Hall–Kier alpha value is -1.67. The summed E-state index contributed by atoms with van der Waals surface area (Å²) < 4.78 is 4.58. The Balaban J connectivity index is 1.60. The van der Waals surface area contributed by atoms with E-state index in [1.165, 1.54) is 12.8 Å². The smallest absolute Gasteiger partial charge is 0.329 e. The summed E-state index contributed by atoms with van der Waals surface area (Å²) in [5.74, 6) is -1.81. The Bertz CT molecular complexity index is 397. The summed E-state index contributed by atoms with van der Waals surface area (Å²) in [6, 6.07) is 0.177. The number of ether oxygens (including phenoxy) is 1. The van der Waals surface area contributed by atoms with Crippen molar-refractivity contribution in [3.05, 3.63) is 0 Å². The first-order chi connectivity index (χ1) is 9.54. The molecule has 1 heterocycles. The van der Waals surface area contributed by atoms with Crippen molar-refractivity contribution in [3.8, 4) is 0 Å². The van der Waals surface area contributed by atoms with Gasteiger partial charge in [0.15, 0.2) is 0 Å². The lowest BCUT2D eigenvalue weighted by Crippen LogP contribution is -2.46. The number of hydrogen-bond donors (Lipinski definition) is 3. The van der Waals surface area contributed by atoms with Crippen LogP contribution in [-0.2, 0) is 14.3 Å². The Morgan fingerprint density at radius 3 is 2.60 bits per heavy atom. The first-order valence-corrected chi connectivity index (χ1v) is 6.68. The Kier molecular flexibility index (Phi) is 4.91. The largest absolute Gasteiger partial charge is 0.480 e. The van der Waals surface area contributed by atoms with Gasteiger partial charge in [-0.1, -0.05) is 0 Å². The second-order valence-corrected chi connectivity index (χ2v) is 5.12. The van der Waals surface area contributed by atoms with Crippen molar-refractivity contribution < 1.29 is 24.2 Å². The van der Waals surface area contributed by atoms with Gasteiger partial charge in [-0.15, -0.1) is 0 Å². The molecule has 20 heavy (non-hydrogen) atoms. The summed E-state index contributed by atoms with van der Waals surface area (Å²) in [6.07, 6.45) is 3.35. The van der Waals surface area contributed by atoms with Crippen molar-refractivity contribution in [1.82, 2.24) is 15.5 Å². The molecule has 8 heteroatoms.